The molecular weight excluding hydrogens is 262 g/mol. The van der Waals surface area contributed by atoms with E-state index in [1.54, 1.807) is 0 Å². The Balaban J connectivity index is 3.11. The highest BCUT2D eigenvalue weighted by atomic mass is 16.1. The number of nitrogens with two attached hydrogens (primary N) is 1. The molecular formula is C17H27N3O. The van der Waals surface area contributed by atoms with Crippen LogP contribution in [0.3, 0.4) is 0 Å². The first-order valence-electron chi connectivity index (χ1n) is 7.31. The van der Waals surface area contributed by atoms with Crippen molar-refractivity contribution in [1.29, 1.82) is 0 Å². The van der Waals surface area contributed by atoms with Crippen molar-refractivity contribution in [3.63, 3.8) is 0 Å². The molecule has 0 radical (unpaired) electrons. The fraction of sp³-hybridized carbons (Fsp3) is 0.471. The highest BCUT2D eigenvalue weighted by Crippen LogP contribution is 2.24. The lowest BCUT2D eigenvalue weighted by molar-refractivity contribution is -0.114. The molecule has 1 rings (SSSR count). The van der Waals surface area contributed by atoms with Crippen LogP contribution in [0.15, 0.2) is 18.2 Å². The van der Waals surface area contributed by atoms with Crippen LogP contribution in [-0.4, -0.2) is 24.0 Å². The number of carbonyl (C=O) groups excluding carboxylic acids is 1. The quantitative estimate of drug-likeness (QED) is 0.533. The summed E-state index contributed by atoms with van der Waals surface area (Å²) in [4.78, 5) is 14.8. The molecule has 1 aromatic heterocycles. The Bertz CT molecular complexity index is 555. The summed E-state index contributed by atoms with van der Waals surface area (Å²) in [5.41, 5.74) is 10.2. The number of aromatic nitrogens is 1. The molecule has 1 amide bonds. The Kier molecular flexibility index (Phi) is 5.97. The second kappa shape index (κ2) is 7.27. The van der Waals surface area contributed by atoms with E-state index in [1.807, 2.05) is 20.0 Å². The van der Waals surface area contributed by atoms with Gasteiger partial charge in [0.2, 0.25) is 5.91 Å². The summed E-state index contributed by atoms with van der Waals surface area (Å²) in [6, 6.07) is 0.446. The van der Waals surface area contributed by atoms with Crippen LogP contribution >= 0.6 is 0 Å². The Morgan fingerprint density at radius 3 is 2.52 bits per heavy atom. The van der Waals surface area contributed by atoms with Crippen LogP contribution in [0.2, 0.25) is 0 Å². The van der Waals surface area contributed by atoms with Crippen molar-refractivity contribution in [1.82, 2.24) is 10.3 Å². The highest BCUT2D eigenvalue weighted by molar-refractivity contribution is 5.99. The Hall–Kier alpha value is -1.81. The van der Waals surface area contributed by atoms with Gasteiger partial charge in [-0.15, -0.1) is 0 Å². The number of aromatic amines is 1. The smallest absolute Gasteiger partial charge is 0.248 e. The molecule has 4 nitrogen and oxygen atoms in total. The largest absolute Gasteiger partial charge is 0.366 e. The van der Waals surface area contributed by atoms with Crippen LogP contribution < -0.4 is 11.1 Å². The number of nitrogens with one attached hydrogen (secondary N) is 2. The number of hydrogen-bond acceptors (Lipinski definition) is 2. The van der Waals surface area contributed by atoms with Crippen molar-refractivity contribution in [2.45, 2.75) is 40.2 Å². The first-order valence-corrected chi connectivity index (χ1v) is 7.31. The van der Waals surface area contributed by atoms with Gasteiger partial charge in [0.15, 0.2) is 0 Å². The molecule has 0 fully saturated rings. The lowest BCUT2D eigenvalue weighted by atomic mass is 9.95. The third kappa shape index (κ3) is 4.08. The topological polar surface area (TPSA) is 70.9 Å². The van der Waals surface area contributed by atoms with Gasteiger partial charge < -0.3 is 16.0 Å². The van der Waals surface area contributed by atoms with Crippen molar-refractivity contribution in [3.8, 4) is 0 Å². The fourth-order valence-electron chi connectivity index (χ4n) is 2.42. The Morgan fingerprint density at radius 1 is 1.43 bits per heavy atom. The molecule has 2 atom stereocenters. The van der Waals surface area contributed by atoms with Crippen LogP contribution in [0.25, 0.3) is 6.08 Å². The van der Waals surface area contributed by atoms with Crippen LogP contribution in [0.5, 0.6) is 0 Å². The average molecular weight is 289 g/mol. The third-order valence-corrected chi connectivity index (χ3v) is 4.24. The molecule has 1 heterocycles. The molecule has 0 bridgehead atoms. The van der Waals surface area contributed by atoms with E-state index in [0.29, 0.717) is 17.5 Å². The fourth-order valence-corrected chi connectivity index (χ4v) is 2.42. The van der Waals surface area contributed by atoms with Crippen LogP contribution in [0.4, 0.5) is 0 Å². The maximum Gasteiger partial charge on any atom is 0.248 e. The van der Waals surface area contributed by atoms with Gasteiger partial charge in [0, 0.05) is 23.0 Å². The third-order valence-electron chi connectivity index (χ3n) is 4.24. The molecule has 21 heavy (non-hydrogen) atoms. The molecule has 0 aliphatic carbocycles. The average Bonchev–Trinajstić information content (AvgIpc) is 2.69. The molecule has 4 heteroatoms. The van der Waals surface area contributed by atoms with Gasteiger partial charge in [0.1, 0.15) is 0 Å². The van der Waals surface area contributed by atoms with E-state index in [2.05, 4.69) is 37.7 Å². The summed E-state index contributed by atoms with van der Waals surface area (Å²) in [5, 5.41) is 3.28. The molecule has 0 aliphatic heterocycles. The zero-order valence-corrected chi connectivity index (χ0v) is 13.7. The van der Waals surface area contributed by atoms with Gasteiger partial charge in [-0.25, -0.2) is 0 Å². The van der Waals surface area contributed by atoms with Gasteiger partial charge in [-0.2, -0.15) is 0 Å². The number of aryl methyl sites for hydroxylation is 1. The zero-order chi connectivity index (χ0) is 16.2. The molecule has 0 aromatic carbocycles. The number of carbonyl (C=O) groups is 1. The summed E-state index contributed by atoms with van der Waals surface area (Å²) in [5.74, 6) is 0.0577. The lowest BCUT2D eigenvalue weighted by Crippen LogP contribution is -2.30. The van der Waals surface area contributed by atoms with Gasteiger partial charge in [-0.1, -0.05) is 19.6 Å². The first-order chi connectivity index (χ1) is 9.81. The van der Waals surface area contributed by atoms with Crippen LogP contribution in [0.1, 0.15) is 36.4 Å². The zero-order valence-electron chi connectivity index (χ0n) is 13.7. The number of primary amides is 1. The standard InChI is InChI=1S/C17H27N3O/c1-7-14(17(18)21)9-15-11(3)16(20-13(15)5)8-10(2)12(4)19-6/h7,9-10,12,19-20H,1,8H2,2-6H3,(H2,18,21). The first kappa shape index (κ1) is 17.2. The predicted octanol–water partition coefficient (Wildman–Crippen LogP) is 2.47. The summed E-state index contributed by atoms with van der Waals surface area (Å²) in [6.07, 6.45) is 4.27. The van der Waals surface area contributed by atoms with Gasteiger partial charge >= 0.3 is 0 Å². The Morgan fingerprint density at radius 2 is 2.05 bits per heavy atom. The van der Waals surface area contributed by atoms with Crippen molar-refractivity contribution in [2.24, 2.45) is 11.7 Å². The maximum atomic E-state index is 11.3. The molecule has 0 spiro atoms. The predicted molar refractivity (Wildman–Crippen MR) is 89.0 cm³/mol. The minimum atomic E-state index is -0.455. The van der Waals surface area contributed by atoms with E-state index in [1.165, 1.54) is 17.3 Å². The van der Waals surface area contributed by atoms with E-state index in [-0.39, 0.29) is 0 Å². The van der Waals surface area contributed by atoms with E-state index >= 15 is 0 Å². The van der Waals surface area contributed by atoms with Crippen molar-refractivity contribution < 1.29 is 4.79 Å². The monoisotopic (exact) mass is 289 g/mol. The number of rotatable bonds is 7. The molecule has 116 valence electrons. The minimum Gasteiger partial charge on any atom is -0.366 e. The maximum absolute atomic E-state index is 11.3. The molecule has 0 saturated heterocycles. The Labute approximate surface area is 127 Å². The van der Waals surface area contributed by atoms with Crippen molar-refractivity contribution in [3.05, 3.63) is 40.7 Å². The summed E-state index contributed by atoms with van der Waals surface area (Å²) >= 11 is 0. The van der Waals surface area contributed by atoms with E-state index in [4.69, 9.17) is 5.73 Å². The van der Waals surface area contributed by atoms with E-state index < -0.39 is 5.91 Å². The van der Waals surface area contributed by atoms with Gasteiger partial charge in [-0.3, -0.25) is 4.79 Å². The molecule has 0 aliphatic rings. The summed E-state index contributed by atoms with van der Waals surface area (Å²) in [7, 11) is 1.98. The number of hydrogen-bond donors (Lipinski definition) is 3. The molecule has 2 unspecified atom stereocenters. The summed E-state index contributed by atoms with van der Waals surface area (Å²) < 4.78 is 0. The van der Waals surface area contributed by atoms with E-state index in [9.17, 15) is 4.79 Å². The summed E-state index contributed by atoms with van der Waals surface area (Å²) in [6.45, 7) is 12.1. The minimum absolute atomic E-state index is 0.434. The van der Waals surface area contributed by atoms with Crippen molar-refractivity contribution in [2.75, 3.05) is 7.05 Å². The SMILES string of the molecule is C=CC(=Cc1c(C)[nH]c(CC(C)C(C)NC)c1C)C(N)=O. The lowest BCUT2D eigenvalue weighted by Gasteiger charge is -2.19. The molecule has 0 saturated carbocycles. The highest BCUT2D eigenvalue weighted by Gasteiger charge is 2.16. The van der Waals surface area contributed by atoms with Crippen LogP contribution in [0, 0.1) is 19.8 Å². The van der Waals surface area contributed by atoms with Crippen molar-refractivity contribution >= 4 is 12.0 Å². The van der Waals surface area contributed by atoms with Gasteiger partial charge in [0.05, 0.1) is 0 Å². The second-order valence-electron chi connectivity index (χ2n) is 5.69. The van der Waals surface area contributed by atoms with Gasteiger partial charge in [0.25, 0.3) is 0 Å². The molecule has 1 aromatic rings. The second-order valence-corrected chi connectivity index (χ2v) is 5.69. The van der Waals surface area contributed by atoms with E-state index in [0.717, 1.165) is 17.7 Å². The molecule has 4 N–H and O–H groups in total. The normalized spacial score (nSPS) is 14.8. The number of H-pyrrole nitrogens is 1. The number of amides is 1. The van der Waals surface area contributed by atoms with Gasteiger partial charge in [-0.05, 0) is 57.4 Å². The van der Waals surface area contributed by atoms with Crippen LogP contribution in [-0.2, 0) is 11.2 Å².